The van der Waals surface area contributed by atoms with E-state index in [1.54, 1.807) is 0 Å². The van der Waals surface area contributed by atoms with E-state index in [1.807, 2.05) is 0 Å². The first-order chi connectivity index (χ1) is 16.9. The van der Waals surface area contributed by atoms with Gasteiger partial charge >= 0.3 is 0 Å². The number of fused-ring (bicyclic) bond motifs is 4. The van der Waals surface area contributed by atoms with Crippen molar-refractivity contribution in [1.82, 2.24) is 19.3 Å². The Morgan fingerprint density at radius 3 is 2.21 bits per heavy atom. The first-order valence-corrected chi connectivity index (χ1v) is 12.3. The molecule has 4 nitrogen and oxygen atoms in total. The van der Waals surface area contributed by atoms with Gasteiger partial charge in [-0.15, -0.1) is 10.2 Å². The van der Waals surface area contributed by atoms with Gasteiger partial charge in [0.2, 0.25) is 5.95 Å². The van der Waals surface area contributed by atoms with Crippen LogP contribution in [0.25, 0.3) is 44.8 Å². The molecule has 0 aliphatic heterocycles. The molecule has 0 radical (unpaired) electrons. The summed E-state index contributed by atoms with van der Waals surface area (Å²) >= 11 is 0. The Morgan fingerprint density at radius 2 is 1.44 bits per heavy atom. The Kier molecular flexibility index (Phi) is 4.51. The standard InChI is InChI=1S/C30H26N4/c1-2-13-22(14-3-1)33-29(26-18-10-12-21-11-4-5-15-23(21)26)31-32-30(33)34-27-19-8-6-16-24(27)25-17-7-9-20-28(25)34/h1-2,6-10,12-13,16-20H,3-5,11,14-15H2. The highest BCUT2D eigenvalue weighted by Gasteiger charge is 2.25. The van der Waals surface area contributed by atoms with E-state index in [1.165, 1.54) is 46.0 Å². The van der Waals surface area contributed by atoms with Crippen molar-refractivity contribution in [2.45, 2.75) is 38.5 Å². The van der Waals surface area contributed by atoms with Gasteiger partial charge in [0.25, 0.3) is 0 Å². The lowest BCUT2D eigenvalue weighted by Crippen LogP contribution is -2.11. The normalized spacial score (nSPS) is 15.6. The van der Waals surface area contributed by atoms with E-state index in [4.69, 9.17) is 10.2 Å². The first kappa shape index (κ1) is 19.5. The van der Waals surface area contributed by atoms with Crippen LogP contribution in [0.4, 0.5) is 0 Å². The fourth-order valence-electron chi connectivity index (χ4n) is 5.76. The summed E-state index contributed by atoms with van der Waals surface area (Å²) in [5.41, 5.74) is 7.70. The molecule has 5 aromatic rings. The number of rotatable bonds is 3. The fourth-order valence-corrected chi connectivity index (χ4v) is 5.76. The van der Waals surface area contributed by atoms with Gasteiger partial charge in [-0.2, -0.15) is 0 Å². The van der Waals surface area contributed by atoms with Crippen LogP contribution in [0.1, 0.15) is 36.8 Å². The van der Waals surface area contributed by atoms with Gasteiger partial charge in [0.1, 0.15) is 0 Å². The summed E-state index contributed by atoms with van der Waals surface area (Å²) in [6.07, 6.45) is 13.4. The molecule has 4 heteroatoms. The number of aryl methyl sites for hydroxylation is 1. The molecule has 0 saturated carbocycles. The number of para-hydroxylation sites is 2. The number of allylic oxidation sites excluding steroid dienone is 4. The molecule has 0 fully saturated rings. The summed E-state index contributed by atoms with van der Waals surface area (Å²) in [5.74, 6) is 1.82. The fraction of sp³-hybridized carbons (Fsp3) is 0.200. The molecule has 0 bridgehead atoms. The highest BCUT2D eigenvalue weighted by molar-refractivity contribution is 6.09. The SMILES string of the molecule is C1=CCCC(n2c(-c3cccc4c3CCCC4)nnc2-n2c3ccccc3c3ccccc32)=C1. The monoisotopic (exact) mass is 442 g/mol. The lowest BCUT2D eigenvalue weighted by Gasteiger charge is -2.21. The van der Waals surface area contributed by atoms with Crippen molar-refractivity contribution in [3.05, 3.63) is 96.1 Å². The molecule has 7 rings (SSSR count). The number of hydrogen-bond acceptors (Lipinski definition) is 2. The molecule has 34 heavy (non-hydrogen) atoms. The number of nitrogens with zero attached hydrogens (tertiary/aromatic N) is 4. The number of aromatic nitrogens is 4. The molecule has 0 N–H and O–H groups in total. The lowest BCUT2D eigenvalue weighted by molar-refractivity contribution is 0.686. The molecule has 2 aliphatic rings. The van der Waals surface area contributed by atoms with Crippen LogP contribution in [0.2, 0.25) is 0 Å². The Labute approximate surface area is 198 Å². The van der Waals surface area contributed by atoms with Crippen molar-refractivity contribution in [2.24, 2.45) is 0 Å². The third kappa shape index (κ3) is 2.91. The second-order valence-electron chi connectivity index (χ2n) is 9.30. The zero-order valence-electron chi connectivity index (χ0n) is 19.1. The smallest absolute Gasteiger partial charge is 0.241 e. The third-order valence-corrected chi connectivity index (χ3v) is 7.34. The van der Waals surface area contributed by atoms with Crippen molar-refractivity contribution in [3.8, 4) is 17.3 Å². The van der Waals surface area contributed by atoms with Crippen molar-refractivity contribution < 1.29 is 0 Å². The maximum atomic E-state index is 4.87. The molecule has 3 aromatic carbocycles. The minimum absolute atomic E-state index is 0.863. The van der Waals surface area contributed by atoms with Crippen LogP contribution in [0.3, 0.4) is 0 Å². The van der Waals surface area contributed by atoms with Gasteiger partial charge in [0, 0.05) is 22.0 Å². The zero-order chi connectivity index (χ0) is 22.5. The van der Waals surface area contributed by atoms with E-state index in [0.717, 1.165) is 48.5 Å². The van der Waals surface area contributed by atoms with Gasteiger partial charge in [0.05, 0.1) is 11.0 Å². The summed E-state index contributed by atoms with van der Waals surface area (Å²) in [6, 6.07) is 23.9. The highest BCUT2D eigenvalue weighted by atomic mass is 15.4. The van der Waals surface area contributed by atoms with Gasteiger partial charge in [-0.25, -0.2) is 0 Å². The van der Waals surface area contributed by atoms with E-state index < -0.39 is 0 Å². The summed E-state index contributed by atoms with van der Waals surface area (Å²) < 4.78 is 4.60. The van der Waals surface area contributed by atoms with E-state index in [0.29, 0.717) is 0 Å². The number of benzene rings is 3. The minimum Gasteiger partial charge on any atom is -0.278 e. The van der Waals surface area contributed by atoms with Crippen molar-refractivity contribution in [3.63, 3.8) is 0 Å². The van der Waals surface area contributed by atoms with Crippen molar-refractivity contribution in [1.29, 1.82) is 0 Å². The number of hydrogen-bond donors (Lipinski definition) is 0. The summed E-state index contributed by atoms with van der Waals surface area (Å²) in [4.78, 5) is 0. The van der Waals surface area contributed by atoms with Crippen molar-refractivity contribution in [2.75, 3.05) is 0 Å². The van der Waals surface area contributed by atoms with Gasteiger partial charge in [-0.05, 0) is 67.9 Å². The Bertz CT molecular complexity index is 1560. The topological polar surface area (TPSA) is 35.6 Å². The third-order valence-electron chi connectivity index (χ3n) is 7.34. The zero-order valence-corrected chi connectivity index (χ0v) is 19.1. The van der Waals surface area contributed by atoms with Crippen LogP contribution >= 0.6 is 0 Å². The molecule has 2 aliphatic carbocycles. The van der Waals surface area contributed by atoms with Crippen LogP contribution < -0.4 is 0 Å². The molecular weight excluding hydrogens is 416 g/mol. The van der Waals surface area contributed by atoms with E-state index >= 15 is 0 Å². The first-order valence-electron chi connectivity index (χ1n) is 12.3. The molecule has 0 spiro atoms. The Hall–Kier alpha value is -3.92. The highest BCUT2D eigenvalue weighted by Crippen LogP contribution is 2.37. The van der Waals surface area contributed by atoms with Gasteiger partial charge in [-0.3, -0.25) is 9.13 Å². The molecule has 0 saturated heterocycles. The molecule has 2 heterocycles. The van der Waals surface area contributed by atoms with Crippen molar-refractivity contribution >= 4 is 27.5 Å². The molecule has 2 aromatic heterocycles. The largest absolute Gasteiger partial charge is 0.278 e. The van der Waals surface area contributed by atoms with Crippen LogP contribution in [-0.4, -0.2) is 19.3 Å². The minimum atomic E-state index is 0.863. The molecule has 166 valence electrons. The summed E-state index contributed by atoms with van der Waals surface area (Å²) in [6.45, 7) is 0. The second-order valence-corrected chi connectivity index (χ2v) is 9.30. The van der Waals surface area contributed by atoms with Gasteiger partial charge in [-0.1, -0.05) is 66.7 Å². The molecule has 0 atom stereocenters. The average molecular weight is 443 g/mol. The lowest BCUT2D eigenvalue weighted by atomic mass is 9.88. The quantitative estimate of drug-likeness (QED) is 0.298. The summed E-state index contributed by atoms with van der Waals surface area (Å²) in [7, 11) is 0. The Morgan fingerprint density at radius 1 is 0.676 bits per heavy atom. The predicted octanol–water partition coefficient (Wildman–Crippen LogP) is 7.11. The van der Waals surface area contributed by atoms with E-state index in [9.17, 15) is 0 Å². The second kappa shape index (κ2) is 7.84. The predicted molar refractivity (Wildman–Crippen MR) is 139 cm³/mol. The Balaban J connectivity index is 1.56. The van der Waals surface area contributed by atoms with E-state index in [-0.39, 0.29) is 0 Å². The van der Waals surface area contributed by atoms with Gasteiger partial charge in [0.15, 0.2) is 5.82 Å². The van der Waals surface area contributed by atoms with Crippen LogP contribution in [-0.2, 0) is 12.8 Å². The van der Waals surface area contributed by atoms with Gasteiger partial charge < -0.3 is 0 Å². The molecule has 0 amide bonds. The van der Waals surface area contributed by atoms with Crippen LogP contribution in [0.5, 0.6) is 0 Å². The maximum Gasteiger partial charge on any atom is 0.241 e. The van der Waals surface area contributed by atoms with Crippen LogP contribution in [0, 0.1) is 0 Å². The maximum absolute atomic E-state index is 4.87. The summed E-state index contributed by atoms with van der Waals surface area (Å²) in [5, 5.41) is 12.2. The average Bonchev–Trinajstić information content (AvgIpc) is 3.48. The van der Waals surface area contributed by atoms with E-state index in [2.05, 4.69) is 94.1 Å². The molecule has 0 unspecified atom stereocenters. The molecular formula is C30H26N4. The van der Waals surface area contributed by atoms with Crippen LogP contribution in [0.15, 0.2) is 85.0 Å².